The van der Waals surface area contributed by atoms with Crippen LogP contribution in [0.15, 0.2) is 0 Å². The first-order chi connectivity index (χ1) is 28.6. The maximum Gasteiger partial charge on any atom is 1.00 e. The molecule has 358 valence electrons. The zero-order valence-corrected chi connectivity index (χ0v) is 44.3. The molecule has 62 heavy (non-hydrogen) atoms. The van der Waals surface area contributed by atoms with Crippen molar-refractivity contribution in [2.75, 3.05) is 13.2 Å². The SMILES string of the molecule is CCCCCCCCCCCCCCC(CCCCCCCCCCCCCC)CO[C@@H]1O[C@H](CO)[C@H](O)[C@H](OS(=O)(=O)[O-])[C@H]1O[C@@H]1O[C@@H](C)[C@@H](O)[C@@H](OS(=O)(=O)[O-])[C@@H]1O.[Na+].[Na+]. The third kappa shape index (κ3) is 27.4. The Hall–Kier alpha value is 1.42. The van der Waals surface area contributed by atoms with E-state index in [0.717, 1.165) is 51.4 Å². The largest absolute Gasteiger partial charge is 1.00 e. The van der Waals surface area contributed by atoms with Crippen LogP contribution in [0.4, 0.5) is 0 Å². The Morgan fingerprint density at radius 1 is 0.532 bits per heavy atom. The topological polar surface area (TPSA) is 251 Å². The molecule has 4 N–H and O–H groups in total. The van der Waals surface area contributed by atoms with Gasteiger partial charge in [0.2, 0.25) is 20.8 Å². The summed E-state index contributed by atoms with van der Waals surface area (Å²) >= 11 is 0. The van der Waals surface area contributed by atoms with E-state index in [4.69, 9.17) is 23.1 Å². The van der Waals surface area contributed by atoms with E-state index in [1.165, 1.54) is 122 Å². The van der Waals surface area contributed by atoms with Crippen LogP contribution in [0.3, 0.4) is 0 Å². The van der Waals surface area contributed by atoms with Gasteiger partial charge >= 0.3 is 59.1 Å². The first kappa shape index (κ1) is 63.4. The van der Waals surface area contributed by atoms with Crippen LogP contribution < -0.4 is 59.1 Å². The molecule has 16 nitrogen and oxygen atoms in total. The molecule has 2 aliphatic rings. The van der Waals surface area contributed by atoms with Crippen molar-refractivity contribution in [2.45, 2.75) is 249 Å². The summed E-state index contributed by atoms with van der Waals surface area (Å²) in [6.45, 7) is 4.99. The fourth-order valence-corrected chi connectivity index (χ4v) is 9.16. The van der Waals surface area contributed by atoms with Crippen LogP contribution >= 0.6 is 0 Å². The van der Waals surface area contributed by atoms with Gasteiger partial charge in [-0.25, -0.2) is 16.8 Å². The van der Waals surface area contributed by atoms with Gasteiger partial charge in [-0.2, -0.15) is 0 Å². The molecule has 10 atom stereocenters. The van der Waals surface area contributed by atoms with E-state index in [1.54, 1.807) is 0 Å². The van der Waals surface area contributed by atoms with Gasteiger partial charge in [0.1, 0.15) is 42.7 Å². The van der Waals surface area contributed by atoms with Gasteiger partial charge in [-0.3, -0.25) is 8.37 Å². The quantitative estimate of drug-likeness (QED) is 0.0288. The standard InChI is InChI=1S/C42H82O16S2.2Na/c1-4-6-8-10-12-14-16-18-20-22-24-26-28-33(29-27-25-23-21-19-17-15-13-11-9-7-5-2)31-53-42-40(39(58-60(50,51)52)36(45)34(30-43)55-42)56-41-37(46)38(57-59(47,48)49)35(44)32(3)54-41;;/h32-46H,4-31H2,1-3H3,(H,47,48,49)(H,50,51,52);;/q;2*+1/p-2/t32-,34+,35+,36-,37-,38+,39-,40+,41-,42+;;/m0../s1. The molecule has 0 aromatic heterocycles. The van der Waals surface area contributed by atoms with Crippen LogP contribution in [0.25, 0.3) is 0 Å². The van der Waals surface area contributed by atoms with Gasteiger partial charge in [-0.1, -0.05) is 168 Å². The molecular weight excluding hydrogens is 871 g/mol. The minimum Gasteiger partial charge on any atom is -0.726 e. The molecule has 0 saturated carbocycles. The predicted molar refractivity (Wildman–Crippen MR) is 223 cm³/mol. The van der Waals surface area contributed by atoms with Crippen molar-refractivity contribution in [1.82, 2.24) is 0 Å². The van der Waals surface area contributed by atoms with Crippen LogP contribution in [0.2, 0.25) is 0 Å². The second-order valence-electron chi connectivity index (χ2n) is 17.0. The maximum absolute atomic E-state index is 11.9. The van der Waals surface area contributed by atoms with E-state index in [2.05, 4.69) is 18.0 Å². The molecule has 0 aromatic carbocycles. The van der Waals surface area contributed by atoms with Gasteiger partial charge in [-0.05, 0) is 25.7 Å². The number of rotatable bonds is 36. The van der Waals surface area contributed by atoms with E-state index in [-0.39, 0.29) is 71.6 Å². The zero-order valence-electron chi connectivity index (χ0n) is 38.7. The van der Waals surface area contributed by atoms with E-state index >= 15 is 0 Å². The summed E-state index contributed by atoms with van der Waals surface area (Å²) in [5.41, 5.74) is 0. The van der Waals surface area contributed by atoms with Crippen LogP contribution in [0.5, 0.6) is 0 Å². The Bertz CT molecular complexity index is 1280. The van der Waals surface area contributed by atoms with Gasteiger partial charge in [-0.15, -0.1) is 0 Å². The average molecular weight is 951 g/mol. The molecular formula is C42H80Na2O16S2. The Kier molecular flexibility index (Phi) is 37.2. The third-order valence-corrected chi connectivity index (χ3v) is 12.7. The molecule has 0 unspecified atom stereocenters. The van der Waals surface area contributed by atoms with Gasteiger partial charge < -0.3 is 48.5 Å². The van der Waals surface area contributed by atoms with Crippen molar-refractivity contribution >= 4 is 20.8 Å². The van der Waals surface area contributed by atoms with Gasteiger partial charge in [0, 0.05) is 0 Å². The van der Waals surface area contributed by atoms with Crippen LogP contribution in [0, 0.1) is 5.92 Å². The molecule has 2 aliphatic heterocycles. The minimum absolute atomic E-state index is 0. The summed E-state index contributed by atoms with van der Waals surface area (Å²) in [5, 5.41) is 42.4. The monoisotopic (exact) mass is 950 g/mol. The van der Waals surface area contributed by atoms with Crippen molar-refractivity contribution in [3.8, 4) is 0 Å². The summed E-state index contributed by atoms with van der Waals surface area (Å²) in [7, 11) is -11.0. The molecule has 0 amide bonds. The molecule has 0 aromatic rings. The van der Waals surface area contributed by atoms with E-state index < -0.39 is 88.8 Å². The molecule has 0 aliphatic carbocycles. The second-order valence-corrected chi connectivity index (χ2v) is 19.0. The number of unbranched alkanes of at least 4 members (excludes halogenated alkanes) is 22. The number of ether oxygens (including phenoxy) is 4. The van der Waals surface area contributed by atoms with Crippen LogP contribution in [-0.4, -0.2) is 121 Å². The second kappa shape index (κ2) is 36.4. The smallest absolute Gasteiger partial charge is 0.726 e. The van der Waals surface area contributed by atoms with E-state index in [0.29, 0.717) is 0 Å². The summed E-state index contributed by atoms with van der Waals surface area (Å²) < 4.78 is 102. The average Bonchev–Trinajstić information content (AvgIpc) is 3.19. The van der Waals surface area contributed by atoms with Gasteiger partial charge in [0.25, 0.3) is 0 Å². The summed E-state index contributed by atoms with van der Waals surface area (Å²) in [6.07, 6.45) is 12.6. The molecule has 20 heteroatoms. The molecule has 0 bridgehead atoms. The van der Waals surface area contributed by atoms with Crippen molar-refractivity contribution in [3.63, 3.8) is 0 Å². The van der Waals surface area contributed by atoms with Crippen molar-refractivity contribution in [1.29, 1.82) is 0 Å². The summed E-state index contributed by atoms with van der Waals surface area (Å²) in [6, 6.07) is 0. The zero-order chi connectivity index (χ0) is 44.4. The number of aliphatic hydroxyl groups is 4. The first-order valence-corrected chi connectivity index (χ1v) is 25.8. The summed E-state index contributed by atoms with van der Waals surface area (Å²) in [5.74, 6) is 0.0364. The van der Waals surface area contributed by atoms with Gasteiger partial charge in [0.05, 0.1) is 19.3 Å². The Morgan fingerprint density at radius 2 is 0.919 bits per heavy atom. The van der Waals surface area contributed by atoms with Crippen LogP contribution in [0.1, 0.15) is 188 Å². The van der Waals surface area contributed by atoms with Crippen molar-refractivity contribution in [2.24, 2.45) is 5.92 Å². The molecule has 2 heterocycles. The summed E-state index contributed by atoms with van der Waals surface area (Å²) in [4.78, 5) is 0. The van der Waals surface area contributed by atoms with Crippen molar-refractivity contribution < 1.29 is 133 Å². The molecule has 0 radical (unpaired) electrons. The Balaban J connectivity index is 0.0000186. The molecule has 2 saturated heterocycles. The minimum atomic E-state index is -5.52. The number of hydrogen-bond donors (Lipinski definition) is 4. The normalized spacial score (nSPS) is 26.9. The Labute approximate surface area is 418 Å². The number of hydrogen-bond acceptors (Lipinski definition) is 16. The molecule has 2 fully saturated rings. The fraction of sp³-hybridized carbons (Fsp3) is 1.00. The third-order valence-electron chi connectivity index (χ3n) is 11.8. The maximum atomic E-state index is 11.9. The number of aliphatic hydroxyl groups excluding tert-OH is 4. The fourth-order valence-electron chi connectivity index (χ4n) is 8.17. The Morgan fingerprint density at radius 3 is 1.31 bits per heavy atom. The predicted octanol–water partition coefficient (Wildman–Crippen LogP) is 0.430. The molecule has 2 rings (SSSR count). The molecule has 0 spiro atoms. The van der Waals surface area contributed by atoms with Crippen LogP contribution in [-0.2, 0) is 48.1 Å². The van der Waals surface area contributed by atoms with Crippen molar-refractivity contribution in [3.05, 3.63) is 0 Å². The van der Waals surface area contributed by atoms with Gasteiger partial charge in [0.15, 0.2) is 12.6 Å². The van der Waals surface area contributed by atoms with E-state index in [1.807, 2.05) is 0 Å². The van der Waals surface area contributed by atoms with E-state index in [9.17, 15) is 46.4 Å². The first-order valence-electron chi connectivity index (χ1n) is 23.1.